The van der Waals surface area contributed by atoms with Gasteiger partial charge in [-0.15, -0.1) is 0 Å². The van der Waals surface area contributed by atoms with Crippen molar-refractivity contribution in [1.82, 2.24) is 5.01 Å². The topological polar surface area (TPSA) is 35.5 Å². The van der Waals surface area contributed by atoms with Crippen LogP contribution >= 0.6 is 0 Å². The summed E-state index contributed by atoms with van der Waals surface area (Å²) < 4.78 is 0. The van der Waals surface area contributed by atoms with Crippen LogP contribution in [-0.4, -0.2) is 29.8 Å². The SMILES string of the molecule is OCCN1CCc2ccccc2N1. The number of rotatable bonds is 2. The third kappa shape index (κ3) is 1.82. The number of hydrogen-bond acceptors (Lipinski definition) is 3. The molecule has 0 atom stereocenters. The standard InChI is InChI=1S/C10H14N2O/c13-8-7-12-6-5-9-3-1-2-4-10(9)11-12/h1-4,11,13H,5-8H2. The van der Waals surface area contributed by atoms with Crippen LogP contribution in [0.2, 0.25) is 0 Å². The average molecular weight is 178 g/mol. The number of aliphatic hydroxyl groups excluding tert-OH is 1. The molecule has 0 fully saturated rings. The van der Waals surface area contributed by atoms with Crippen LogP contribution in [-0.2, 0) is 6.42 Å². The maximum Gasteiger partial charge on any atom is 0.0576 e. The largest absolute Gasteiger partial charge is 0.395 e. The van der Waals surface area contributed by atoms with Gasteiger partial charge in [-0.2, -0.15) is 0 Å². The quantitative estimate of drug-likeness (QED) is 0.705. The molecule has 1 aromatic carbocycles. The van der Waals surface area contributed by atoms with Crippen LogP contribution in [0, 0.1) is 0 Å². The summed E-state index contributed by atoms with van der Waals surface area (Å²) in [6, 6.07) is 8.29. The van der Waals surface area contributed by atoms with Gasteiger partial charge in [-0.3, -0.25) is 0 Å². The molecule has 13 heavy (non-hydrogen) atoms. The molecule has 3 heteroatoms. The van der Waals surface area contributed by atoms with Gasteiger partial charge in [0, 0.05) is 13.1 Å². The molecule has 2 rings (SSSR count). The van der Waals surface area contributed by atoms with Crippen LogP contribution in [0.3, 0.4) is 0 Å². The molecule has 1 aromatic rings. The molecule has 2 N–H and O–H groups in total. The van der Waals surface area contributed by atoms with Gasteiger partial charge in [0.1, 0.15) is 0 Å². The number of benzene rings is 1. The Kier molecular flexibility index (Phi) is 2.47. The minimum atomic E-state index is 0.204. The first-order valence-corrected chi connectivity index (χ1v) is 4.60. The Morgan fingerprint density at radius 1 is 1.38 bits per heavy atom. The zero-order chi connectivity index (χ0) is 9.10. The molecule has 0 saturated heterocycles. The highest BCUT2D eigenvalue weighted by molar-refractivity contribution is 5.51. The van der Waals surface area contributed by atoms with Crippen LogP contribution in [0.4, 0.5) is 5.69 Å². The van der Waals surface area contributed by atoms with Gasteiger partial charge in [0.25, 0.3) is 0 Å². The van der Waals surface area contributed by atoms with E-state index in [4.69, 9.17) is 5.11 Å². The lowest BCUT2D eigenvalue weighted by Gasteiger charge is -2.29. The minimum Gasteiger partial charge on any atom is -0.395 e. The maximum atomic E-state index is 8.78. The highest BCUT2D eigenvalue weighted by Gasteiger charge is 2.13. The molecular formula is C10H14N2O. The second kappa shape index (κ2) is 3.77. The van der Waals surface area contributed by atoms with E-state index in [0.717, 1.165) is 13.0 Å². The first kappa shape index (κ1) is 8.53. The van der Waals surface area contributed by atoms with Crippen molar-refractivity contribution in [2.24, 2.45) is 0 Å². The Labute approximate surface area is 78.0 Å². The van der Waals surface area contributed by atoms with Crippen molar-refractivity contribution in [1.29, 1.82) is 0 Å². The fraction of sp³-hybridized carbons (Fsp3) is 0.400. The number of β-amino-alcohol motifs (C(OH)–C–C–N with tert-alkyl or cyclic N) is 1. The zero-order valence-corrected chi connectivity index (χ0v) is 7.53. The third-order valence-electron chi connectivity index (χ3n) is 2.32. The van der Waals surface area contributed by atoms with Crippen molar-refractivity contribution in [3.63, 3.8) is 0 Å². The predicted octanol–water partition coefficient (Wildman–Crippen LogP) is 0.864. The molecule has 70 valence electrons. The van der Waals surface area contributed by atoms with E-state index in [1.165, 1.54) is 11.3 Å². The molecule has 0 aliphatic carbocycles. The van der Waals surface area contributed by atoms with Crippen molar-refractivity contribution < 1.29 is 5.11 Å². The van der Waals surface area contributed by atoms with Crippen molar-refractivity contribution in [3.05, 3.63) is 29.8 Å². The van der Waals surface area contributed by atoms with Gasteiger partial charge < -0.3 is 10.5 Å². The number of fused-ring (bicyclic) bond motifs is 1. The van der Waals surface area contributed by atoms with Crippen LogP contribution < -0.4 is 5.43 Å². The maximum absolute atomic E-state index is 8.78. The van der Waals surface area contributed by atoms with Crippen molar-refractivity contribution in [2.45, 2.75) is 6.42 Å². The molecule has 1 aliphatic heterocycles. The number of nitrogens with one attached hydrogen (secondary N) is 1. The zero-order valence-electron chi connectivity index (χ0n) is 7.53. The average Bonchev–Trinajstić information content (AvgIpc) is 2.18. The van der Waals surface area contributed by atoms with E-state index in [9.17, 15) is 0 Å². The fourth-order valence-corrected chi connectivity index (χ4v) is 1.62. The van der Waals surface area contributed by atoms with E-state index in [0.29, 0.717) is 6.54 Å². The Morgan fingerprint density at radius 2 is 2.23 bits per heavy atom. The van der Waals surface area contributed by atoms with E-state index in [2.05, 4.69) is 23.6 Å². The van der Waals surface area contributed by atoms with Gasteiger partial charge >= 0.3 is 0 Å². The summed E-state index contributed by atoms with van der Waals surface area (Å²) in [5, 5.41) is 10.8. The normalized spacial score (nSPS) is 16.4. The Balaban J connectivity index is 2.11. The summed E-state index contributed by atoms with van der Waals surface area (Å²) in [4.78, 5) is 0. The predicted molar refractivity (Wildman–Crippen MR) is 52.4 cm³/mol. The minimum absolute atomic E-state index is 0.204. The second-order valence-corrected chi connectivity index (χ2v) is 3.23. The van der Waals surface area contributed by atoms with E-state index in [1.807, 2.05) is 11.1 Å². The number of hydrazine groups is 1. The van der Waals surface area contributed by atoms with E-state index in [-0.39, 0.29) is 6.61 Å². The van der Waals surface area contributed by atoms with Crippen LogP contribution in [0.15, 0.2) is 24.3 Å². The lowest BCUT2D eigenvalue weighted by Crippen LogP contribution is -2.37. The fourth-order valence-electron chi connectivity index (χ4n) is 1.62. The van der Waals surface area contributed by atoms with E-state index < -0.39 is 0 Å². The first-order valence-electron chi connectivity index (χ1n) is 4.60. The summed E-state index contributed by atoms with van der Waals surface area (Å²) in [5.41, 5.74) is 5.80. The Hall–Kier alpha value is -1.06. The molecule has 1 aliphatic rings. The summed E-state index contributed by atoms with van der Waals surface area (Å²) in [5.74, 6) is 0. The Morgan fingerprint density at radius 3 is 3.08 bits per heavy atom. The van der Waals surface area contributed by atoms with Crippen LogP contribution in [0.25, 0.3) is 0 Å². The van der Waals surface area contributed by atoms with Crippen molar-refractivity contribution in [3.8, 4) is 0 Å². The molecule has 1 heterocycles. The summed E-state index contributed by atoms with van der Waals surface area (Å²) in [7, 11) is 0. The van der Waals surface area contributed by atoms with Gasteiger partial charge in [-0.05, 0) is 18.1 Å². The lowest BCUT2D eigenvalue weighted by atomic mass is 10.1. The molecule has 0 bridgehead atoms. The van der Waals surface area contributed by atoms with Gasteiger partial charge in [-0.1, -0.05) is 18.2 Å². The van der Waals surface area contributed by atoms with Crippen molar-refractivity contribution >= 4 is 5.69 Å². The number of para-hydroxylation sites is 1. The summed E-state index contributed by atoms with van der Waals surface area (Å²) >= 11 is 0. The van der Waals surface area contributed by atoms with E-state index >= 15 is 0 Å². The number of aliphatic hydroxyl groups is 1. The molecule has 0 spiro atoms. The van der Waals surface area contributed by atoms with Gasteiger partial charge in [0.15, 0.2) is 0 Å². The van der Waals surface area contributed by atoms with Crippen LogP contribution in [0.1, 0.15) is 5.56 Å². The second-order valence-electron chi connectivity index (χ2n) is 3.23. The Bertz CT molecular complexity index is 288. The molecule has 0 radical (unpaired) electrons. The highest BCUT2D eigenvalue weighted by atomic mass is 16.3. The number of nitrogens with zero attached hydrogens (tertiary/aromatic N) is 1. The molecule has 0 aromatic heterocycles. The monoisotopic (exact) mass is 178 g/mol. The number of anilines is 1. The summed E-state index contributed by atoms with van der Waals surface area (Å²) in [6.45, 7) is 1.86. The smallest absolute Gasteiger partial charge is 0.0576 e. The van der Waals surface area contributed by atoms with E-state index in [1.54, 1.807) is 0 Å². The molecule has 0 unspecified atom stereocenters. The molecule has 0 amide bonds. The third-order valence-corrected chi connectivity index (χ3v) is 2.32. The van der Waals surface area contributed by atoms with Gasteiger partial charge in [-0.25, -0.2) is 5.01 Å². The van der Waals surface area contributed by atoms with Gasteiger partial charge in [0.05, 0.1) is 12.3 Å². The van der Waals surface area contributed by atoms with Gasteiger partial charge in [0.2, 0.25) is 0 Å². The summed E-state index contributed by atoms with van der Waals surface area (Å²) in [6.07, 6.45) is 1.06. The molecule has 3 nitrogen and oxygen atoms in total. The molecule has 0 saturated carbocycles. The first-order chi connectivity index (χ1) is 6.40. The lowest BCUT2D eigenvalue weighted by molar-refractivity contribution is 0.217. The van der Waals surface area contributed by atoms with Crippen molar-refractivity contribution in [2.75, 3.05) is 25.1 Å². The highest BCUT2D eigenvalue weighted by Crippen LogP contribution is 2.20. The molecular weight excluding hydrogens is 164 g/mol. The number of hydrogen-bond donors (Lipinski definition) is 2. The van der Waals surface area contributed by atoms with Crippen LogP contribution in [0.5, 0.6) is 0 Å².